The molecule has 0 spiro atoms. The molecule has 12 heteroatoms. The van der Waals surface area contributed by atoms with E-state index in [-0.39, 0.29) is 17.0 Å². The molecule has 50 heavy (non-hydrogen) atoms. The molecule has 0 bridgehead atoms. The number of halogens is 1. The number of nitrogens with zero attached hydrogens (tertiary/aromatic N) is 4. The van der Waals surface area contributed by atoms with Gasteiger partial charge in [0.1, 0.15) is 30.0 Å². The molecular weight excluding hydrogens is 641 g/mol. The van der Waals surface area contributed by atoms with E-state index in [1.54, 1.807) is 68.8 Å². The second-order valence-corrected chi connectivity index (χ2v) is 11.9. The molecule has 3 N–H and O–H groups in total. The van der Waals surface area contributed by atoms with Crippen LogP contribution in [0.1, 0.15) is 27.0 Å². The highest BCUT2D eigenvalue weighted by atomic mass is 19.1. The van der Waals surface area contributed by atoms with Crippen LogP contribution in [0.4, 0.5) is 10.2 Å². The number of alkyl halides is 1. The van der Waals surface area contributed by atoms with Crippen molar-refractivity contribution < 1.29 is 33.6 Å². The van der Waals surface area contributed by atoms with Crippen molar-refractivity contribution in [2.24, 2.45) is 0 Å². The van der Waals surface area contributed by atoms with E-state index in [1.807, 2.05) is 54.6 Å². The number of nitrogens with one attached hydrogen (secondary N) is 1. The molecule has 1 unspecified atom stereocenters. The van der Waals surface area contributed by atoms with Gasteiger partial charge in [0.15, 0.2) is 23.2 Å². The summed E-state index contributed by atoms with van der Waals surface area (Å²) in [4.78, 5) is 26.3. The van der Waals surface area contributed by atoms with Gasteiger partial charge in [0.25, 0.3) is 5.91 Å². The predicted molar refractivity (Wildman–Crippen MR) is 183 cm³/mol. The molecular formula is C38H34FN5O6. The van der Waals surface area contributed by atoms with E-state index in [0.29, 0.717) is 33.8 Å². The molecule has 3 heterocycles. The van der Waals surface area contributed by atoms with Crippen LogP contribution in [0.15, 0.2) is 122 Å². The Morgan fingerprint density at radius 3 is 1.98 bits per heavy atom. The third-order valence-corrected chi connectivity index (χ3v) is 9.34. The number of aliphatic hydroxyl groups excluding tert-OH is 2. The summed E-state index contributed by atoms with van der Waals surface area (Å²) in [5, 5.41) is 27.9. The van der Waals surface area contributed by atoms with Crippen LogP contribution in [0.25, 0.3) is 11.2 Å². The fraction of sp³-hybridized carbons (Fsp3) is 0.211. The van der Waals surface area contributed by atoms with Gasteiger partial charge in [0.05, 0.1) is 32.6 Å². The van der Waals surface area contributed by atoms with Crippen LogP contribution in [-0.2, 0) is 15.9 Å². The summed E-state index contributed by atoms with van der Waals surface area (Å²) in [6, 6.07) is 32.1. The van der Waals surface area contributed by atoms with Crippen molar-refractivity contribution in [1.82, 2.24) is 19.5 Å². The Balaban J connectivity index is 1.47. The average molecular weight is 676 g/mol. The summed E-state index contributed by atoms with van der Waals surface area (Å²) in [6.45, 7) is -0.531. The van der Waals surface area contributed by atoms with E-state index >= 15 is 4.39 Å². The Labute approximate surface area is 287 Å². The van der Waals surface area contributed by atoms with E-state index in [2.05, 4.69) is 20.3 Å². The quantitative estimate of drug-likeness (QED) is 0.174. The maximum Gasteiger partial charge on any atom is 0.256 e. The van der Waals surface area contributed by atoms with Gasteiger partial charge >= 0.3 is 0 Å². The Bertz CT molecular complexity index is 2050. The van der Waals surface area contributed by atoms with Crippen molar-refractivity contribution in [2.75, 3.05) is 26.1 Å². The number of ether oxygens (including phenoxy) is 3. The van der Waals surface area contributed by atoms with Gasteiger partial charge in [-0.15, -0.1) is 0 Å². The molecule has 2 aromatic heterocycles. The summed E-state index contributed by atoms with van der Waals surface area (Å²) < 4.78 is 34.3. The lowest BCUT2D eigenvalue weighted by molar-refractivity contribution is -0.201. The fourth-order valence-electron chi connectivity index (χ4n) is 6.88. The lowest BCUT2D eigenvalue weighted by Gasteiger charge is -2.48. The van der Waals surface area contributed by atoms with E-state index in [1.165, 1.54) is 17.2 Å². The second-order valence-electron chi connectivity index (χ2n) is 11.9. The number of anilines is 1. The van der Waals surface area contributed by atoms with Crippen molar-refractivity contribution in [1.29, 1.82) is 0 Å². The number of aliphatic hydroxyl groups is 2. The van der Waals surface area contributed by atoms with E-state index < -0.39 is 42.0 Å². The Morgan fingerprint density at radius 2 is 1.44 bits per heavy atom. The van der Waals surface area contributed by atoms with Crippen molar-refractivity contribution in [3.63, 3.8) is 0 Å². The highest BCUT2D eigenvalue weighted by molar-refractivity contribution is 6.06. The molecule has 4 atom stereocenters. The number of rotatable bonds is 10. The number of fused-ring (bicyclic) bond motifs is 1. The van der Waals surface area contributed by atoms with Gasteiger partial charge in [0, 0.05) is 5.56 Å². The molecule has 0 saturated carbocycles. The minimum Gasteiger partial charge on any atom is -0.497 e. The molecule has 1 aliphatic rings. The summed E-state index contributed by atoms with van der Waals surface area (Å²) in [5.41, 5.74) is -1.30. The molecule has 1 fully saturated rings. The van der Waals surface area contributed by atoms with Crippen LogP contribution in [0, 0.1) is 0 Å². The van der Waals surface area contributed by atoms with Crippen molar-refractivity contribution >= 4 is 22.9 Å². The highest BCUT2D eigenvalue weighted by Crippen LogP contribution is 2.52. The minimum atomic E-state index is -2.21. The number of methoxy groups -OCH3 is 2. The van der Waals surface area contributed by atoms with Crippen LogP contribution >= 0.6 is 0 Å². The molecule has 4 aromatic carbocycles. The Kier molecular flexibility index (Phi) is 8.74. The van der Waals surface area contributed by atoms with Crippen LogP contribution in [-0.4, -0.2) is 74.8 Å². The number of carbonyl (C=O) groups excluding carboxylic acids is 1. The largest absolute Gasteiger partial charge is 0.497 e. The number of imidazole rings is 1. The average Bonchev–Trinajstić information content (AvgIpc) is 3.74. The van der Waals surface area contributed by atoms with Crippen LogP contribution in [0.5, 0.6) is 11.5 Å². The third kappa shape index (κ3) is 5.25. The van der Waals surface area contributed by atoms with Crippen LogP contribution < -0.4 is 14.8 Å². The Morgan fingerprint density at radius 1 is 0.880 bits per heavy atom. The summed E-state index contributed by atoms with van der Waals surface area (Å²) in [6.07, 6.45) is -3.01. The van der Waals surface area contributed by atoms with Gasteiger partial charge in [-0.1, -0.05) is 72.8 Å². The first-order valence-electron chi connectivity index (χ1n) is 15.9. The first kappa shape index (κ1) is 32.8. The number of hydrogen-bond donors (Lipinski definition) is 3. The number of amides is 1. The van der Waals surface area contributed by atoms with Gasteiger partial charge in [-0.2, -0.15) is 0 Å². The van der Waals surface area contributed by atoms with Crippen molar-refractivity contribution in [2.45, 2.75) is 29.5 Å². The standard InChI is InChI=1S/C38H34FN5O6/c1-48-28-17-13-26(14-18-28)37(25-11-7-4-8-12-25,27-15-19-29(49-2)20-16-27)36(47)38(32(45)30(39)21-50-38)44-23-42-31-33(40-22-41-34(31)44)43-35(46)24-9-5-3-6-10-24/h3-20,22-23,30,32,36,45,47H,21H2,1-2H3,(H,40,41,43,46)/t30-,32+,36?,38-/m1/s1. The smallest absolute Gasteiger partial charge is 0.256 e. The SMILES string of the molecule is COc1ccc(C(c2ccccc2)(c2ccc(OC)cc2)C(O)[C@]2(n3cnc4c(NC(=O)c5ccccc5)ncnc43)OC[C@@H](F)[C@@H]2O)cc1. The maximum atomic E-state index is 15.8. The zero-order valence-corrected chi connectivity index (χ0v) is 27.2. The van der Waals surface area contributed by atoms with Crippen molar-refractivity contribution in [3.05, 3.63) is 144 Å². The zero-order chi connectivity index (χ0) is 34.9. The normalized spacial score (nSPS) is 19.6. The molecule has 7 rings (SSSR count). The zero-order valence-electron chi connectivity index (χ0n) is 27.2. The molecule has 0 aliphatic carbocycles. The topological polar surface area (TPSA) is 141 Å². The number of benzene rings is 4. The maximum absolute atomic E-state index is 15.8. The van der Waals surface area contributed by atoms with E-state index in [0.717, 1.165) is 0 Å². The number of aromatic nitrogens is 4. The molecule has 11 nitrogen and oxygen atoms in total. The van der Waals surface area contributed by atoms with E-state index in [9.17, 15) is 15.0 Å². The molecule has 1 amide bonds. The van der Waals surface area contributed by atoms with E-state index in [4.69, 9.17) is 14.2 Å². The molecule has 6 aromatic rings. The molecule has 0 radical (unpaired) electrons. The van der Waals surface area contributed by atoms with Crippen LogP contribution in [0.3, 0.4) is 0 Å². The van der Waals surface area contributed by atoms with Crippen molar-refractivity contribution in [3.8, 4) is 11.5 Å². The summed E-state index contributed by atoms with van der Waals surface area (Å²) in [7, 11) is 3.11. The lowest BCUT2D eigenvalue weighted by atomic mass is 9.62. The molecule has 1 saturated heterocycles. The van der Waals surface area contributed by atoms with Gasteiger partial charge in [-0.05, 0) is 53.1 Å². The van der Waals surface area contributed by atoms with Gasteiger partial charge in [-0.25, -0.2) is 19.3 Å². The highest BCUT2D eigenvalue weighted by Gasteiger charge is 2.64. The first-order valence-corrected chi connectivity index (χ1v) is 15.9. The second kappa shape index (κ2) is 13.3. The molecule has 1 aliphatic heterocycles. The first-order chi connectivity index (χ1) is 24.3. The lowest BCUT2D eigenvalue weighted by Crippen LogP contribution is -2.62. The minimum absolute atomic E-state index is 0.0798. The Hall–Kier alpha value is -5.69. The fourth-order valence-corrected chi connectivity index (χ4v) is 6.88. The number of carbonyl (C=O) groups is 1. The third-order valence-electron chi connectivity index (χ3n) is 9.34. The number of hydrogen-bond acceptors (Lipinski definition) is 9. The van der Waals surface area contributed by atoms with Gasteiger partial charge < -0.3 is 29.7 Å². The monoisotopic (exact) mass is 675 g/mol. The van der Waals surface area contributed by atoms with Gasteiger partial charge in [0.2, 0.25) is 5.72 Å². The summed E-state index contributed by atoms with van der Waals surface area (Å²) in [5.74, 6) is 0.810. The predicted octanol–water partition coefficient (Wildman–Crippen LogP) is 4.87. The van der Waals surface area contributed by atoms with Crippen LogP contribution in [0.2, 0.25) is 0 Å². The summed E-state index contributed by atoms with van der Waals surface area (Å²) >= 11 is 0. The molecule has 254 valence electrons. The van der Waals surface area contributed by atoms with Gasteiger partial charge in [-0.3, -0.25) is 9.36 Å².